The molecule has 172 valence electrons. The van der Waals surface area contributed by atoms with Crippen LogP contribution < -0.4 is 4.90 Å². The molecular formula is C23H23BrFN5O2S. The van der Waals surface area contributed by atoms with Crippen LogP contribution >= 0.6 is 27.3 Å². The van der Waals surface area contributed by atoms with Gasteiger partial charge in [0.15, 0.2) is 16.6 Å². The Kier molecular flexibility index (Phi) is 6.62. The summed E-state index contributed by atoms with van der Waals surface area (Å²) in [6.07, 6.45) is -2.39. The number of fused-ring (bicyclic) bond motifs is 1. The van der Waals surface area contributed by atoms with Gasteiger partial charge in [0.1, 0.15) is 28.3 Å². The number of anilines is 2. The van der Waals surface area contributed by atoms with E-state index in [2.05, 4.69) is 26.0 Å². The zero-order chi connectivity index (χ0) is 23.9. The molecule has 0 saturated carbocycles. The summed E-state index contributed by atoms with van der Waals surface area (Å²) in [5.74, 6) is 0.178. The Morgan fingerprint density at radius 3 is 2.45 bits per heavy atom. The van der Waals surface area contributed by atoms with Crippen molar-refractivity contribution in [3.8, 4) is 11.3 Å². The summed E-state index contributed by atoms with van der Waals surface area (Å²) >= 11 is 4.78. The first kappa shape index (κ1) is 23.5. The van der Waals surface area contributed by atoms with Crippen molar-refractivity contribution in [2.45, 2.75) is 33.0 Å². The molecule has 33 heavy (non-hydrogen) atoms. The Morgan fingerprint density at radius 2 is 1.79 bits per heavy atom. The van der Waals surface area contributed by atoms with E-state index in [0.29, 0.717) is 32.5 Å². The minimum atomic E-state index is -1.27. The molecule has 10 heteroatoms. The van der Waals surface area contributed by atoms with Crippen molar-refractivity contribution in [3.05, 3.63) is 69.0 Å². The van der Waals surface area contributed by atoms with Crippen LogP contribution in [0.2, 0.25) is 0 Å². The molecule has 0 amide bonds. The minimum Gasteiger partial charge on any atom is -0.386 e. The van der Waals surface area contributed by atoms with Crippen molar-refractivity contribution >= 4 is 43.9 Å². The van der Waals surface area contributed by atoms with Crippen molar-refractivity contribution in [2.24, 2.45) is 0 Å². The molecule has 0 aliphatic heterocycles. The Balaban J connectivity index is 1.81. The SMILES string of the molecule is CC(C)=C(C)C(O)C(O)c1nc2ccc(Br)nn2c1N(C)c1nc(-c2ccc(F)cc2)cs1. The monoisotopic (exact) mass is 531 g/mol. The Labute approximate surface area is 203 Å². The van der Waals surface area contributed by atoms with Crippen molar-refractivity contribution in [1.82, 2.24) is 19.6 Å². The Bertz CT molecular complexity index is 1330. The topological polar surface area (TPSA) is 86.8 Å². The van der Waals surface area contributed by atoms with Gasteiger partial charge in [-0.15, -0.1) is 11.3 Å². The van der Waals surface area contributed by atoms with Gasteiger partial charge in [-0.05, 0) is 78.7 Å². The van der Waals surface area contributed by atoms with E-state index in [1.807, 2.05) is 19.2 Å². The molecule has 0 aliphatic carbocycles. The molecule has 2 atom stereocenters. The molecule has 2 N–H and O–H groups in total. The highest BCUT2D eigenvalue weighted by atomic mass is 79.9. The molecule has 0 bridgehead atoms. The molecule has 0 saturated heterocycles. The van der Waals surface area contributed by atoms with Crippen molar-refractivity contribution in [3.63, 3.8) is 0 Å². The lowest BCUT2D eigenvalue weighted by Gasteiger charge is -2.22. The fourth-order valence-electron chi connectivity index (χ4n) is 3.37. The quantitative estimate of drug-likeness (QED) is 0.329. The van der Waals surface area contributed by atoms with E-state index in [1.165, 1.54) is 23.5 Å². The van der Waals surface area contributed by atoms with Gasteiger partial charge in [-0.2, -0.15) is 9.61 Å². The highest BCUT2D eigenvalue weighted by molar-refractivity contribution is 9.10. The first-order valence-corrected chi connectivity index (χ1v) is 11.8. The molecule has 1 aromatic carbocycles. The average Bonchev–Trinajstić information content (AvgIpc) is 3.42. The van der Waals surface area contributed by atoms with Gasteiger partial charge in [0, 0.05) is 18.0 Å². The van der Waals surface area contributed by atoms with Gasteiger partial charge >= 0.3 is 0 Å². The second kappa shape index (κ2) is 9.30. The fourth-order valence-corrected chi connectivity index (χ4v) is 4.47. The van der Waals surface area contributed by atoms with Gasteiger partial charge in [-0.1, -0.05) is 5.57 Å². The largest absolute Gasteiger partial charge is 0.386 e. The molecular weight excluding hydrogens is 509 g/mol. The molecule has 0 fully saturated rings. The molecule has 3 aromatic heterocycles. The average molecular weight is 532 g/mol. The number of imidazole rings is 1. The van der Waals surface area contributed by atoms with Crippen molar-refractivity contribution in [1.29, 1.82) is 0 Å². The lowest BCUT2D eigenvalue weighted by molar-refractivity contribution is 0.0385. The summed E-state index contributed by atoms with van der Waals surface area (Å²) in [4.78, 5) is 11.0. The lowest BCUT2D eigenvalue weighted by atomic mass is 10.00. The zero-order valence-electron chi connectivity index (χ0n) is 18.5. The van der Waals surface area contributed by atoms with E-state index in [1.54, 1.807) is 47.7 Å². The van der Waals surface area contributed by atoms with Gasteiger partial charge in [0.2, 0.25) is 0 Å². The predicted octanol–water partition coefficient (Wildman–Crippen LogP) is 5.27. The number of benzene rings is 1. The van der Waals surface area contributed by atoms with Crippen LogP contribution in [0.1, 0.15) is 32.6 Å². The lowest BCUT2D eigenvalue weighted by Crippen LogP contribution is -2.23. The minimum absolute atomic E-state index is 0.287. The summed E-state index contributed by atoms with van der Waals surface area (Å²) in [6.45, 7) is 5.55. The fraction of sp³-hybridized carbons (Fsp3) is 0.261. The van der Waals surface area contributed by atoms with Gasteiger partial charge in [-0.25, -0.2) is 14.4 Å². The molecule has 0 radical (unpaired) electrons. The normalized spacial score (nSPS) is 13.2. The summed E-state index contributed by atoms with van der Waals surface area (Å²) in [5.41, 5.74) is 3.90. The van der Waals surface area contributed by atoms with Crippen LogP contribution in [0.15, 0.2) is 57.5 Å². The van der Waals surface area contributed by atoms with Crippen LogP contribution in [0.4, 0.5) is 15.3 Å². The number of halogens is 2. The second-order valence-electron chi connectivity index (χ2n) is 7.90. The molecule has 4 rings (SSSR count). The summed E-state index contributed by atoms with van der Waals surface area (Å²) in [6, 6.07) is 9.67. The van der Waals surface area contributed by atoms with Crippen LogP contribution in [0.25, 0.3) is 16.9 Å². The number of allylic oxidation sites excluding steroid dienone is 1. The molecule has 7 nitrogen and oxygen atoms in total. The van der Waals surface area contributed by atoms with Gasteiger partial charge in [-0.3, -0.25) is 0 Å². The molecule has 2 unspecified atom stereocenters. The molecule has 0 aliphatic rings. The number of nitrogens with zero attached hydrogens (tertiary/aromatic N) is 5. The summed E-state index contributed by atoms with van der Waals surface area (Å²) in [7, 11) is 1.80. The number of hydrogen-bond acceptors (Lipinski definition) is 7. The van der Waals surface area contributed by atoms with Crippen LogP contribution in [-0.2, 0) is 0 Å². The number of aliphatic hydroxyl groups is 2. The third-order valence-electron chi connectivity index (χ3n) is 5.50. The smallest absolute Gasteiger partial charge is 0.191 e. The first-order valence-electron chi connectivity index (χ1n) is 10.2. The van der Waals surface area contributed by atoms with Gasteiger partial charge < -0.3 is 15.1 Å². The molecule has 4 aromatic rings. The van der Waals surface area contributed by atoms with E-state index in [9.17, 15) is 14.6 Å². The van der Waals surface area contributed by atoms with Crippen LogP contribution in [0.5, 0.6) is 0 Å². The maximum absolute atomic E-state index is 13.3. The molecule has 3 heterocycles. The third-order valence-corrected chi connectivity index (χ3v) is 6.84. The van der Waals surface area contributed by atoms with E-state index in [0.717, 1.165) is 11.1 Å². The maximum atomic E-state index is 13.3. The first-order chi connectivity index (χ1) is 15.7. The Hall–Kier alpha value is -2.66. The third kappa shape index (κ3) is 4.56. The molecule has 0 spiro atoms. The second-order valence-corrected chi connectivity index (χ2v) is 9.55. The van der Waals surface area contributed by atoms with Crippen LogP contribution in [-0.4, -0.2) is 42.9 Å². The van der Waals surface area contributed by atoms with Crippen molar-refractivity contribution in [2.75, 3.05) is 11.9 Å². The number of thiazole rings is 1. The summed E-state index contributed by atoms with van der Waals surface area (Å²) in [5, 5.41) is 28.9. The summed E-state index contributed by atoms with van der Waals surface area (Å²) < 4.78 is 15.5. The van der Waals surface area contributed by atoms with Gasteiger partial charge in [0.25, 0.3) is 0 Å². The van der Waals surface area contributed by atoms with Crippen LogP contribution in [0.3, 0.4) is 0 Å². The van der Waals surface area contributed by atoms with E-state index in [4.69, 9.17) is 4.98 Å². The number of rotatable bonds is 6. The van der Waals surface area contributed by atoms with Gasteiger partial charge in [0.05, 0.1) is 5.69 Å². The Morgan fingerprint density at radius 1 is 1.09 bits per heavy atom. The number of aromatic nitrogens is 4. The predicted molar refractivity (Wildman–Crippen MR) is 131 cm³/mol. The zero-order valence-corrected chi connectivity index (χ0v) is 20.9. The number of hydrogen-bond donors (Lipinski definition) is 2. The number of aliphatic hydroxyl groups excluding tert-OH is 2. The van der Waals surface area contributed by atoms with Crippen LogP contribution in [0, 0.1) is 5.82 Å². The maximum Gasteiger partial charge on any atom is 0.191 e. The standard InChI is InChI=1S/C23H23BrFN5O2S/c1-12(2)13(3)20(31)21(32)19-22(30-18(27-19)10-9-17(24)28-30)29(4)23-26-16(11-33-23)14-5-7-15(25)8-6-14/h5-11,20-21,31-32H,1-4H3. The highest BCUT2D eigenvalue weighted by Gasteiger charge is 2.30. The highest BCUT2D eigenvalue weighted by Crippen LogP contribution is 2.37. The van der Waals surface area contributed by atoms with E-state index < -0.39 is 12.2 Å². The van der Waals surface area contributed by atoms with E-state index >= 15 is 0 Å². The van der Waals surface area contributed by atoms with Crippen molar-refractivity contribution < 1.29 is 14.6 Å². The van der Waals surface area contributed by atoms with E-state index in [-0.39, 0.29) is 11.5 Å².